The molecule has 4 nitrogen and oxygen atoms in total. The number of carbonyl (C=O) groups is 2. The molecule has 0 aromatic heterocycles. The predicted octanol–water partition coefficient (Wildman–Crippen LogP) is 2.73. The van der Waals surface area contributed by atoms with Crippen molar-refractivity contribution in [1.29, 1.82) is 0 Å². The summed E-state index contributed by atoms with van der Waals surface area (Å²) in [5.74, 6) is -0.365. The van der Waals surface area contributed by atoms with Crippen LogP contribution in [0.1, 0.15) is 11.1 Å². The van der Waals surface area contributed by atoms with E-state index in [-0.39, 0.29) is 23.9 Å². The Kier molecular flexibility index (Phi) is 5.23. The lowest BCUT2D eigenvalue weighted by Gasteiger charge is -2.28. The molecule has 0 atom stereocenters. The zero-order valence-electron chi connectivity index (χ0n) is 12.8. The lowest BCUT2D eigenvalue weighted by molar-refractivity contribution is -0.136. The molecular formula is C15H17F3N2O2S. The van der Waals surface area contributed by atoms with Gasteiger partial charge in [0.1, 0.15) is 13.1 Å². The van der Waals surface area contributed by atoms with Gasteiger partial charge in [0.2, 0.25) is 11.8 Å². The predicted molar refractivity (Wildman–Crippen MR) is 83.4 cm³/mol. The molecule has 2 rings (SSSR count). The minimum atomic E-state index is -4.52. The van der Waals surface area contributed by atoms with E-state index in [1.807, 2.05) is 0 Å². The van der Waals surface area contributed by atoms with Crippen molar-refractivity contribution in [3.8, 4) is 0 Å². The first kappa shape index (κ1) is 17.7. The van der Waals surface area contributed by atoms with Gasteiger partial charge in [-0.25, -0.2) is 0 Å². The molecule has 1 aromatic rings. The van der Waals surface area contributed by atoms with Gasteiger partial charge in [0.05, 0.1) is 11.6 Å². The molecule has 0 radical (unpaired) electrons. The van der Waals surface area contributed by atoms with Gasteiger partial charge in [-0.05, 0) is 31.0 Å². The normalized spacial score (nSPS) is 15.2. The number of hydrogen-bond donors (Lipinski definition) is 0. The van der Waals surface area contributed by atoms with Gasteiger partial charge in [0.25, 0.3) is 0 Å². The number of halogens is 3. The Morgan fingerprint density at radius 1 is 1.35 bits per heavy atom. The van der Waals surface area contributed by atoms with Crippen molar-refractivity contribution in [3.05, 3.63) is 29.3 Å². The minimum Gasteiger partial charge on any atom is -0.323 e. The third kappa shape index (κ3) is 4.40. The van der Waals surface area contributed by atoms with Crippen molar-refractivity contribution in [1.82, 2.24) is 4.90 Å². The number of benzene rings is 1. The molecule has 1 heterocycles. The van der Waals surface area contributed by atoms with Crippen LogP contribution in [0.5, 0.6) is 0 Å². The summed E-state index contributed by atoms with van der Waals surface area (Å²) in [7, 11) is 0. The van der Waals surface area contributed by atoms with E-state index in [1.54, 1.807) is 26.0 Å². The highest BCUT2D eigenvalue weighted by atomic mass is 32.2. The summed E-state index contributed by atoms with van der Waals surface area (Å²) in [4.78, 5) is 26.0. The second kappa shape index (κ2) is 6.82. The van der Waals surface area contributed by atoms with E-state index >= 15 is 0 Å². The van der Waals surface area contributed by atoms with Crippen molar-refractivity contribution in [2.45, 2.75) is 20.0 Å². The maximum absolute atomic E-state index is 12.9. The second-order valence-corrected chi connectivity index (χ2v) is 6.34. The van der Waals surface area contributed by atoms with Gasteiger partial charge in [-0.3, -0.25) is 9.59 Å². The third-order valence-corrected chi connectivity index (χ3v) is 4.60. The molecule has 1 fully saturated rings. The number of rotatable bonds is 4. The Hall–Kier alpha value is -1.70. The number of alkyl halides is 3. The van der Waals surface area contributed by atoms with E-state index in [1.165, 1.54) is 22.7 Å². The van der Waals surface area contributed by atoms with Gasteiger partial charge in [-0.15, -0.1) is 11.8 Å². The van der Waals surface area contributed by atoms with Crippen molar-refractivity contribution in [3.63, 3.8) is 0 Å². The van der Waals surface area contributed by atoms with E-state index < -0.39 is 18.6 Å². The highest BCUT2D eigenvalue weighted by Crippen LogP contribution is 2.27. The third-order valence-electron chi connectivity index (χ3n) is 3.66. The Labute approximate surface area is 136 Å². The summed E-state index contributed by atoms with van der Waals surface area (Å²) in [6, 6.07) is 4.88. The maximum Gasteiger partial charge on any atom is 0.406 e. The number of nitrogens with zero attached hydrogens (tertiary/aromatic N) is 2. The Balaban J connectivity index is 2.28. The van der Waals surface area contributed by atoms with Crippen LogP contribution in [-0.4, -0.2) is 47.6 Å². The standard InChI is InChI=1S/C15H17F3N2O2S/c1-10-4-3-5-12(11(10)2)20(8-15(16,17)18)13(21)6-19-9-23-7-14(19)22/h3-5H,6-9H2,1-2H3. The van der Waals surface area contributed by atoms with E-state index in [0.29, 0.717) is 11.4 Å². The molecule has 1 saturated heterocycles. The van der Waals surface area contributed by atoms with E-state index in [0.717, 1.165) is 10.5 Å². The quantitative estimate of drug-likeness (QED) is 0.842. The van der Waals surface area contributed by atoms with Gasteiger partial charge >= 0.3 is 6.18 Å². The fraction of sp³-hybridized carbons (Fsp3) is 0.467. The summed E-state index contributed by atoms with van der Waals surface area (Å²) in [6.07, 6.45) is -4.52. The largest absolute Gasteiger partial charge is 0.406 e. The van der Waals surface area contributed by atoms with Gasteiger partial charge in [-0.2, -0.15) is 13.2 Å². The fourth-order valence-corrected chi connectivity index (χ4v) is 3.21. The molecule has 0 N–H and O–H groups in total. The average molecular weight is 346 g/mol. The van der Waals surface area contributed by atoms with Gasteiger partial charge in [-0.1, -0.05) is 12.1 Å². The molecule has 0 saturated carbocycles. The molecule has 0 spiro atoms. The van der Waals surface area contributed by atoms with Crippen LogP contribution in [-0.2, 0) is 9.59 Å². The molecule has 1 aromatic carbocycles. The summed E-state index contributed by atoms with van der Waals surface area (Å²) in [6.45, 7) is 1.74. The Morgan fingerprint density at radius 3 is 2.61 bits per heavy atom. The molecule has 23 heavy (non-hydrogen) atoms. The topological polar surface area (TPSA) is 40.6 Å². The van der Waals surface area contributed by atoms with Gasteiger partial charge in [0.15, 0.2) is 0 Å². The van der Waals surface area contributed by atoms with E-state index in [4.69, 9.17) is 0 Å². The van der Waals surface area contributed by atoms with Crippen LogP contribution in [0.15, 0.2) is 18.2 Å². The molecule has 2 amide bonds. The SMILES string of the molecule is Cc1cccc(N(CC(F)(F)F)C(=O)CN2CSCC2=O)c1C. The molecular weight excluding hydrogens is 329 g/mol. The molecule has 0 unspecified atom stereocenters. The van der Waals surface area contributed by atoms with E-state index in [9.17, 15) is 22.8 Å². The van der Waals surface area contributed by atoms with Crippen LogP contribution in [0.2, 0.25) is 0 Å². The summed E-state index contributed by atoms with van der Waals surface area (Å²) >= 11 is 1.34. The van der Waals surface area contributed by atoms with Crippen LogP contribution in [0.3, 0.4) is 0 Å². The first-order valence-electron chi connectivity index (χ1n) is 6.98. The number of amides is 2. The fourth-order valence-electron chi connectivity index (χ4n) is 2.30. The lowest BCUT2D eigenvalue weighted by atomic mass is 10.1. The van der Waals surface area contributed by atoms with Gasteiger partial charge < -0.3 is 9.80 Å². The maximum atomic E-state index is 12.9. The monoisotopic (exact) mass is 346 g/mol. The molecule has 0 bridgehead atoms. The van der Waals surface area contributed by atoms with Crippen LogP contribution in [0, 0.1) is 13.8 Å². The average Bonchev–Trinajstić information content (AvgIpc) is 2.84. The molecule has 0 aliphatic carbocycles. The number of thioether (sulfide) groups is 1. The number of carbonyl (C=O) groups excluding carboxylic acids is 2. The summed E-state index contributed by atoms with van der Waals surface area (Å²) in [5, 5.41) is 0. The van der Waals surface area contributed by atoms with Crippen molar-refractivity contribution >= 4 is 29.3 Å². The lowest BCUT2D eigenvalue weighted by Crippen LogP contribution is -2.45. The minimum absolute atomic E-state index is 0.226. The first-order valence-corrected chi connectivity index (χ1v) is 8.13. The van der Waals surface area contributed by atoms with Crippen molar-refractivity contribution in [2.75, 3.05) is 29.6 Å². The smallest absolute Gasteiger partial charge is 0.323 e. The molecule has 126 valence electrons. The summed E-state index contributed by atoms with van der Waals surface area (Å²) in [5.41, 5.74) is 1.65. The van der Waals surface area contributed by atoms with Crippen LogP contribution in [0.4, 0.5) is 18.9 Å². The van der Waals surface area contributed by atoms with Crippen molar-refractivity contribution < 1.29 is 22.8 Å². The highest BCUT2D eigenvalue weighted by molar-refractivity contribution is 8.00. The number of aryl methyl sites for hydroxylation is 1. The molecule has 1 aliphatic rings. The Morgan fingerprint density at radius 2 is 2.04 bits per heavy atom. The van der Waals surface area contributed by atoms with Crippen LogP contribution < -0.4 is 4.90 Å². The first-order chi connectivity index (χ1) is 10.7. The van der Waals surface area contributed by atoms with Crippen LogP contribution >= 0.6 is 11.8 Å². The van der Waals surface area contributed by atoms with Crippen LogP contribution in [0.25, 0.3) is 0 Å². The van der Waals surface area contributed by atoms with Crippen molar-refractivity contribution in [2.24, 2.45) is 0 Å². The zero-order valence-corrected chi connectivity index (χ0v) is 13.6. The zero-order chi connectivity index (χ0) is 17.2. The van der Waals surface area contributed by atoms with Gasteiger partial charge in [0, 0.05) is 5.69 Å². The Bertz CT molecular complexity index is 619. The summed E-state index contributed by atoms with van der Waals surface area (Å²) < 4.78 is 38.7. The highest BCUT2D eigenvalue weighted by Gasteiger charge is 2.35. The molecule has 1 aliphatic heterocycles. The number of anilines is 1. The van der Waals surface area contributed by atoms with E-state index in [2.05, 4.69) is 0 Å². The molecule has 8 heteroatoms. The number of hydrogen-bond acceptors (Lipinski definition) is 3. The second-order valence-electron chi connectivity index (χ2n) is 5.38.